The maximum atomic E-state index is 12.2. The largest absolute Gasteiger partial charge is 0.338 e. The molecule has 0 aliphatic heterocycles. The Bertz CT molecular complexity index is 935. The molecule has 0 radical (unpaired) electrons. The number of amides is 2. The van der Waals surface area contributed by atoms with Crippen molar-refractivity contribution in [2.24, 2.45) is 0 Å². The Morgan fingerprint density at radius 1 is 1.04 bits per heavy atom. The molecule has 0 saturated heterocycles. The average Bonchev–Trinajstić information content (AvgIpc) is 2.67. The highest BCUT2D eigenvalue weighted by Crippen LogP contribution is 2.18. The van der Waals surface area contributed by atoms with Crippen molar-refractivity contribution in [3.8, 4) is 0 Å². The molecule has 1 unspecified atom stereocenters. The van der Waals surface area contributed by atoms with Gasteiger partial charge in [-0.3, -0.25) is 4.79 Å². The minimum atomic E-state index is -0.233. The summed E-state index contributed by atoms with van der Waals surface area (Å²) in [4.78, 5) is 26.8. The monoisotopic (exact) mass is 349 g/mol. The molecule has 0 spiro atoms. The Hall–Kier alpha value is -3.08. The van der Waals surface area contributed by atoms with Crippen molar-refractivity contribution in [2.75, 3.05) is 6.54 Å². The van der Waals surface area contributed by atoms with Gasteiger partial charge in [0, 0.05) is 36.0 Å². The van der Waals surface area contributed by atoms with Crippen molar-refractivity contribution in [3.05, 3.63) is 82.1 Å². The van der Waals surface area contributed by atoms with Crippen LogP contribution in [0.1, 0.15) is 30.4 Å². The van der Waals surface area contributed by atoms with Gasteiger partial charge in [0.05, 0.1) is 0 Å². The molecule has 134 valence electrons. The van der Waals surface area contributed by atoms with E-state index in [0.29, 0.717) is 13.1 Å². The van der Waals surface area contributed by atoms with Crippen molar-refractivity contribution >= 4 is 16.9 Å². The number of hydrogen-bond donors (Lipinski definition) is 3. The lowest BCUT2D eigenvalue weighted by Gasteiger charge is -2.16. The molecule has 1 atom stereocenters. The van der Waals surface area contributed by atoms with Crippen LogP contribution in [0, 0.1) is 0 Å². The van der Waals surface area contributed by atoms with Crippen LogP contribution in [0.5, 0.6) is 0 Å². The van der Waals surface area contributed by atoms with Gasteiger partial charge >= 0.3 is 6.03 Å². The van der Waals surface area contributed by atoms with Gasteiger partial charge in [-0.1, -0.05) is 55.5 Å². The molecule has 3 N–H and O–H groups in total. The number of aromatic amines is 1. The van der Waals surface area contributed by atoms with Gasteiger partial charge in [0.25, 0.3) is 0 Å². The van der Waals surface area contributed by atoms with E-state index in [0.717, 1.165) is 22.9 Å². The third-order valence-corrected chi connectivity index (χ3v) is 4.55. The number of hydrogen-bond acceptors (Lipinski definition) is 2. The van der Waals surface area contributed by atoms with E-state index in [1.165, 1.54) is 11.6 Å². The molecule has 0 saturated carbocycles. The van der Waals surface area contributed by atoms with E-state index >= 15 is 0 Å². The highest BCUT2D eigenvalue weighted by molar-refractivity contribution is 5.82. The second-order valence-electron chi connectivity index (χ2n) is 6.28. The van der Waals surface area contributed by atoms with Gasteiger partial charge in [0.1, 0.15) is 0 Å². The Kier molecular flexibility index (Phi) is 5.69. The van der Waals surface area contributed by atoms with E-state index in [-0.39, 0.29) is 17.5 Å². The summed E-state index contributed by atoms with van der Waals surface area (Å²) in [5.41, 5.74) is 2.62. The second kappa shape index (κ2) is 8.34. The van der Waals surface area contributed by atoms with Crippen LogP contribution in [0.25, 0.3) is 10.9 Å². The summed E-state index contributed by atoms with van der Waals surface area (Å²) in [6.45, 7) is 2.99. The van der Waals surface area contributed by atoms with Gasteiger partial charge in [0.15, 0.2) is 0 Å². The zero-order chi connectivity index (χ0) is 18.4. The summed E-state index contributed by atoms with van der Waals surface area (Å²) in [7, 11) is 0. The number of benzene rings is 2. The molecular weight excluding hydrogens is 326 g/mol. The molecule has 3 aromatic rings. The van der Waals surface area contributed by atoms with Crippen LogP contribution in [-0.2, 0) is 6.54 Å². The Morgan fingerprint density at radius 2 is 1.77 bits per heavy atom. The number of urea groups is 1. The summed E-state index contributed by atoms with van der Waals surface area (Å²) in [6, 6.07) is 19.0. The van der Waals surface area contributed by atoms with Crippen molar-refractivity contribution in [1.29, 1.82) is 0 Å². The van der Waals surface area contributed by atoms with Crippen LogP contribution >= 0.6 is 0 Å². The van der Waals surface area contributed by atoms with Crippen LogP contribution in [0.15, 0.2) is 65.5 Å². The summed E-state index contributed by atoms with van der Waals surface area (Å²) < 4.78 is 0. The van der Waals surface area contributed by atoms with Crippen molar-refractivity contribution in [2.45, 2.75) is 25.8 Å². The van der Waals surface area contributed by atoms with Gasteiger partial charge in [-0.2, -0.15) is 0 Å². The van der Waals surface area contributed by atoms with Crippen LogP contribution in [-0.4, -0.2) is 17.6 Å². The molecule has 5 heteroatoms. The number of nitrogens with one attached hydrogen (secondary N) is 3. The van der Waals surface area contributed by atoms with E-state index in [1.54, 1.807) is 0 Å². The third-order valence-electron chi connectivity index (χ3n) is 4.55. The first-order chi connectivity index (χ1) is 12.7. The van der Waals surface area contributed by atoms with Crippen molar-refractivity contribution < 1.29 is 4.79 Å². The molecule has 1 aromatic heterocycles. The lowest BCUT2D eigenvalue weighted by molar-refractivity contribution is 0.239. The molecule has 0 aliphatic rings. The number of carbonyl (C=O) groups is 1. The zero-order valence-corrected chi connectivity index (χ0v) is 14.8. The summed E-state index contributed by atoms with van der Waals surface area (Å²) in [6.07, 6.45) is 0.947. The van der Waals surface area contributed by atoms with Gasteiger partial charge in [-0.25, -0.2) is 4.79 Å². The van der Waals surface area contributed by atoms with Crippen molar-refractivity contribution in [1.82, 2.24) is 15.6 Å². The summed E-state index contributed by atoms with van der Waals surface area (Å²) in [5.74, 6) is 0.280. The van der Waals surface area contributed by atoms with Gasteiger partial charge in [-0.15, -0.1) is 0 Å². The van der Waals surface area contributed by atoms with E-state index in [2.05, 4.69) is 34.7 Å². The number of carbonyl (C=O) groups excluding carboxylic acids is 1. The summed E-state index contributed by atoms with van der Waals surface area (Å²) in [5, 5.41) is 6.71. The fourth-order valence-electron chi connectivity index (χ4n) is 3.10. The molecule has 0 bridgehead atoms. The van der Waals surface area contributed by atoms with Gasteiger partial charge < -0.3 is 15.6 Å². The Labute approximate surface area is 152 Å². The summed E-state index contributed by atoms with van der Waals surface area (Å²) >= 11 is 0. The molecule has 0 fully saturated rings. The van der Waals surface area contributed by atoms with Gasteiger partial charge in [-0.05, 0) is 23.6 Å². The first kappa shape index (κ1) is 17.7. The maximum absolute atomic E-state index is 12.2. The number of rotatable bonds is 6. The number of fused-ring (bicyclic) bond motifs is 1. The highest BCUT2D eigenvalue weighted by Gasteiger charge is 2.11. The standard InChI is InChI=1S/C21H23N3O2/c1-2-15(16-8-4-3-5-9-16)13-22-21(26)23-14-17-12-20(25)24-19-11-7-6-10-18(17)19/h3-12,15H,2,13-14H2,1H3,(H,24,25)(H2,22,23,26). The quantitative estimate of drug-likeness (QED) is 0.637. The Balaban J connectivity index is 1.60. The van der Waals surface area contributed by atoms with Gasteiger partial charge in [0.2, 0.25) is 5.56 Å². The highest BCUT2D eigenvalue weighted by atomic mass is 16.2. The maximum Gasteiger partial charge on any atom is 0.315 e. The van der Waals surface area contributed by atoms with E-state index < -0.39 is 0 Å². The average molecular weight is 349 g/mol. The first-order valence-electron chi connectivity index (χ1n) is 8.85. The number of pyridine rings is 1. The fraction of sp³-hybridized carbons (Fsp3) is 0.238. The van der Waals surface area contributed by atoms with E-state index in [9.17, 15) is 9.59 Å². The minimum absolute atomic E-state index is 0.170. The predicted octanol–water partition coefficient (Wildman–Crippen LogP) is 3.52. The lowest BCUT2D eigenvalue weighted by Crippen LogP contribution is -2.37. The minimum Gasteiger partial charge on any atom is -0.338 e. The topological polar surface area (TPSA) is 74.0 Å². The predicted molar refractivity (Wildman–Crippen MR) is 104 cm³/mol. The molecule has 2 amide bonds. The Morgan fingerprint density at radius 3 is 2.54 bits per heavy atom. The van der Waals surface area contributed by atoms with Crippen LogP contribution in [0.3, 0.4) is 0 Å². The molecule has 1 heterocycles. The molecule has 2 aromatic carbocycles. The second-order valence-corrected chi connectivity index (χ2v) is 6.28. The molecule has 5 nitrogen and oxygen atoms in total. The fourth-order valence-corrected chi connectivity index (χ4v) is 3.10. The molecule has 0 aliphatic carbocycles. The smallest absolute Gasteiger partial charge is 0.315 e. The number of para-hydroxylation sites is 1. The van der Waals surface area contributed by atoms with Crippen molar-refractivity contribution in [3.63, 3.8) is 0 Å². The SMILES string of the molecule is CCC(CNC(=O)NCc1cc(=O)[nH]c2ccccc12)c1ccccc1. The van der Waals surface area contributed by atoms with E-state index in [1.807, 2.05) is 42.5 Å². The number of H-pyrrole nitrogens is 1. The van der Waals surface area contributed by atoms with Crippen LogP contribution in [0.4, 0.5) is 4.79 Å². The zero-order valence-electron chi connectivity index (χ0n) is 14.8. The third kappa shape index (κ3) is 4.30. The molecule has 3 rings (SSSR count). The van der Waals surface area contributed by atoms with E-state index in [4.69, 9.17) is 0 Å². The molecular formula is C21H23N3O2. The first-order valence-corrected chi connectivity index (χ1v) is 8.85. The van der Waals surface area contributed by atoms with Crippen LogP contribution < -0.4 is 16.2 Å². The molecule has 26 heavy (non-hydrogen) atoms. The normalized spacial score (nSPS) is 11.9. The lowest BCUT2D eigenvalue weighted by atomic mass is 9.97. The number of aromatic nitrogens is 1. The van der Waals surface area contributed by atoms with Crippen LogP contribution in [0.2, 0.25) is 0 Å².